The molecule has 20 heavy (non-hydrogen) atoms. The van der Waals surface area contributed by atoms with Gasteiger partial charge in [-0.25, -0.2) is 0 Å². The number of fused-ring (bicyclic) bond motifs is 2. The molecule has 0 aromatic carbocycles. The summed E-state index contributed by atoms with van der Waals surface area (Å²) in [5.41, 5.74) is 0. The lowest BCUT2D eigenvalue weighted by Crippen LogP contribution is -2.27. The minimum Gasteiger partial charge on any atom is -0.339 e. The summed E-state index contributed by atoms with van der Waals surface area (Å²) < 4.78 is 5.50. The molecule has 2 heterocycles. The molecule has 0 amide bonds. The van der Waals surface area contributed by atoms with Gasteiger partial charge in [-0.1, -0.05) is 11.6 Å². The molecule has 0 radical (unpaired) electrons. The number of rotatable bonds is 4. The molecule has 2 bridgehead atoms. The Hall–Kier alpha value is -0.900. The van der Waals surface area contributed by atoms with Crippen LogP contribution in [0.5, 0.6) is 0 Å². The van der Waals surface area contributed by atoms with Gasteiger partial charge in [-0.05, 0) is 69.4 Å². The van der Waals surface area contributed by atoms with Gasteiger partial charge >= 0.3 is 0 Å². The van der Waals surface area contributed by atoms with Gasteiger partial charge in [0.25, 0.3) is 0 Å². The van der Waals surface area contributed by atoms with Gasteiger partial charge in [-0.2, -0.15) is 4.98 Å². The van der Waals surface area contributed by atoms with Crippen LogP contribution in [0.25, 0.3) is 0 Å². The quantitative estimate of drug-likeness (QED) is 0.918. The number of aryl methyl sites for hydroxylation is 1. The Morgan fingerprint density at radius 3 is 2.75 bits per heavy atom. The first-order chi connectivity index (χ1) is 9.88. The molecule has 3 fully saturated rings. The maximum atomic E-state index is 5.50. The monoisotopic (exact) mass is 275 g/mol. The molecule has 1 aromatic heterocycles. The van der Waals surface area contributed by atoms with Gasteiger partial charge in [0, 0.05) is 12.3 Å². The number of piperidine rings is 1. The van der Waals surface area contributed by atoms with Crippen LogP contribution >= 0.6 is 0 Å². The van der Waals surface area contributed by atoms with E-state index in [1.165, 1.54) is 58.0 Å². The van der Waals surface area contributed by atoms with E-state index in [1.54, 1.807) is 0 Å². The van der Waals surface area contributed by atoms with E-state index in [9.17, 15) is 0 Å². The molecule has 1 aliphatic heterocycles. The van der Waals surface area contributed by atoms with Crippen molar-refractivity contribution in [2.45, 2.75) is 57.3 Å². The third kappa shape index (κ3) is 2.50. The highest BCUT2D eigenvalue weighted by atomic mass is 16.5. The van der Waals surface area contributed by atoms with Gasteiger partial charge < -0.3 is 9.84 Å². The van der Waals surface area contributed by atoms with Crippen LogP contribution in [0.15, 0.2) is 4.52 Å². The molecule has 3 aliphatic rings. The van der Waals surface area contributed by atoms with E-state index in [2.05, 4.69) is 10.5 Å². The zero-order valence-electron chi connectivity index (χ0n) is 12.2. The van der Waals surface area contributed by atoms with Gasteiger partial charge in [0.15, 0.2) is 5.82 Å². The van der Waals surface area contributed by atoms with Crippen LogP contribution in [0, 0.1) is 17.8 Å². The summed E-state index contributed by atoms with van der Waals surface area (Å²) in [6, 6.07) is 0. The number of nitrogens with one attached hydrogen (secondary N) is 1. The van der Waals surface area contributed by atoms with Crippen molar-refractivity contribution in [3.63, 3.8) is 0 Å². The molecule has 4 nitrogen and oxygen atoms in total. The highest BCUT2D eigenvalue weighted by Gasteiger charge is 2.42. The maximum absolute atomic E-state index is 5.50. The first kappa shape index (κ1) is 12.8. The van der Waals surface area contributed by atoms with Gasteiger partial charge in [-0.15, -0.1) is 0 Å². The van der Waals surface area contributed by atoms with Crippen LogP contribution in [0.2, 0.25) is 0 Å². The van der Waals surface area contributed by atoms with E-state index >= 15 is 0 Å². The SMILES string of the molecule is C1CC(CCc2nc(C3CC4CCC3C4)no2)CCN1. The fraction of sp³-hybridized carbons (Fsp3) is 0.875. The van der Waals surface area contributed by atoms with Crippen LogP contribution in [-0.4, -0.2) is 23.2 Å². The molecular weight excluding hydrogens is 250 g/mol. The average Bonchev–Trinajstić information content (AvgIpc) is 3.22. The van der Waals surface area contributed by atoms with E-state index in [-0.39, 0.29) is 0 Å². The summed E-state index contributed by atoms with van der Waals surface area (Å²) in [6.45, 7) is 2.34. The van der Waals surface area contributed by atoms with Crippen molar-refractivity contribution in [3.8, 4) is 0 Å². The van der Waals surface area contributed by atoms with Crippen LogP contribution < -0.4 is 5.32 Å². The summed E-state index contributed by atoms with van der Waals surface area (Å²) >= 11 is 0. The van der Waals surface area contributed by atoms with Crippen molar-refractivity contribution in [1.82, 2.24) is 15.5 Å². The van der Waals surface area contributed by atoms with E-state index in [1.807, 2.05) is 0 Å². The normalized spacial score (nSPS) is 33.9. The topological polar surface area (TPSA) is 51.0 Å². The minimum absolute atomic E-state index is 0.602. The molecule has 4 heteroatoms. The van der Waals surface area contributed by atoms with Crippen molar-refractivity contribution in [2.24, 2.45) is 17.8 Å². The van der Waals surface area contributed by atoms with Gasteiger partial charge in [0.05, 0.1) is 0 Å². The minimum atomic E-state index is 0.602. The molecule has 3 unspecified atom stereocenters. The Bertz CT molecular complexity index is 452. The molecule has 2 aliphatic carbocycles. The Balaban J connectivity index is 1.33. The summed E-state index contributed by atoms with van der Waals surface area (Å²) in [4.78, 5) is 4.70. The number of nitrogens with zero attached hydrogens (tertiary/aromatic N) is 2. The molecule has 110 valence electrons. The highest BCUT2D eigenvalue weighted by Crippen LogP contribution is 2.52. The summed E-state index contributed by atoms with van der Waals surface area (Å²) in [5.74, 6) is 5.12. The smallest absolute Gasteiger partial charge is 0.226 e. The van der Waals surface area contributed by atoms with E-state index in [0.717, 1.165) is 35.9 Å². The molecule has 0 spiro atoms. The van der Waals surface area contributed by atoms with Crippen molar-refractivity contribution < 1.29 is 4.52 Å². The zero-order valence-corrected chi connectivity index (χ0v) is 12.2. The highest BCUT2D eigenvalue weighted by molar-refractivity contribution is 5.06. The fourth-order valence-corrected chi connectivity index (χ4v) is 4.58. The standard InChI is InChI=1S/C16H25N3O/c1-3-13-9-12(1)10-14(13)16-18-15(20-19-16)4-2-11-5-7-17-8-6-11/h11-14,17H,1-10H2. The lowest BCUT2D eigenvalue weighted by atomic mass is 9.88. The Morgan fingerprint density at radius 1 is 1.10 bits per heavy atom. The van der Waals surface area contributed by atoms with Crippen LogP contribution in [-0.2, 0) is 6.42 Å². The fourth-order valence-electron chi connectivity index (χ4n) is 4.58. The summed E-state index contributed by atoms with van der Waals surface area (Å²) in [5, 5.41) is 7.70. The van der Waals surface area contributed by atoms with Gasteiger partial charge in [0.2, 0.25) is 5.89 Å². The molecule has 1 saturated heterocycles. The largest absolute Gasteiger partial charge is 0.339 e. The van der Waals surface area contributed by atoms with E-state index < -0.39 is 0 Å². The Labute approximate surface area is 120 Å². The zero-order chi connectivity index (χ0) is 13.4. The molecule has 2 saturated carbocycles. The first-order valence-corrected chi connectivity index (χ1v) is 8.41. The molecule has 1 N–H and O–H groups in total. The number of hydrogen-bond donors (Lipinski definition) is 1. The second-order valence-electron chi connectivity index (χ2n) is 7.06. The second-order valence-corrected chi connectivity index (χ2v) is 7.06. The first-order valence-electron chi connectivity index (χ1n) is 8.41. The lowest BCUT2D eigenvalue weighted by Gasteiger charge is -2.21. The van der Waals surface area contributed by atoms with Crippen molar-refractivity contribution in [1.29, 1.82) is 0 Å². The van der Waals surface area contributed by atoms with Gasteiger partial charge in [0.1, 0.15) is 0 Å². The number of aromatic nitrogens is 2. The third-order valence-corrected chi connectivity index (χ3v) is 5.78. The van der Waals surface area contributed by atoms with Crippen LogP contribution in [0.3, 0.4) is 0 Å². The van der Waals surface area contributed by atoms with Crippen molar-refractivity contribution in [2.75, 3.05) is 13.1 Å². The van der Waals surface area contributed by atoms with Crippen LogP contribution in [0.1, 0.15) is 62.6 Å². The van der Waals surface area contributed by atoms with Crippen LogP contribution in [0.4, 0.5) is 0 Å². The van der Waals surface area contributed by atoms with Gasteiger partial charge in [-0.3, -0.25) is 0 Å². The third-order valence-electron chi connectivity index (χ3n) is 5.78. The molecule has 3 atom stereocenters. The van der Waals surface area contributed by atoms with Crippen molar-refractivity contribution >= 4 is 0 Å². The Morgan fingerprint density at radius 2 is 2.00 bits per heavy atom. The predicted molar refractivity (Wildman–Crippen MR) is 76.4 cm³/mol. The van der Waals surface area contributed by atoms with E-state index in [4.69, 9.17) is 9.51 Å². The molecule has 4 rings (SSSR count). The summed E-state index contributed by atoms with van der Waals surface area (Å²) in [7, 11) is 0. The second kappa shape index (κ2) is 5.47. The van der Waals surface area contributed by atoms with Crippen molar-refractivity contribution in [3.05, 3.63) is 11.7 Å². The Kier molecular flexibility index (Phi) is 3.51. The number of hydrogen-bond acceptors (Lipinski definition) is 4. The summed E-state index contributed by atoms with van der Waals surface area (Å²) in [6.07, 6.45) is 10.3. The molecule has 1 aromatic rings. The van der Waals surface area contributed by atoms with E-state index in [0.29, 0.717) is 5.92 Å². The lowest BCUT2D eigenvalue weighted by molar-refractivity contribution is 0.319. The predicted octanol–water partition coefficient (Wildman–Crippen LogP) is 2.91. The molecular formula is C16H25N3O. The maximum Gasteiger partial charge on any atom is 0.226 e. The average molecular weight is 275 g/mol.